The Morgan fingerprint density at radius 3 is 2.67 bits per heavy atom. The maximum atomic E-state index is 12.0. The van der Waals surface area contributed by atoms with Crippen LogP contribution in [0.5, 0.6) is 0 Å². The van der Waals surface area contributed by atoms with E-state index >= 15 is 0 Å². The molecular formula is C11H9N3O2S2. The second-order valence-corrected chi connectivity index (χ2v) is 6.55. The molecule has 18 heavy (non-hydrogen) atoms. The zero-order valence-corrected chi connectivity index (χ0v) is 11.0. The molecule has 0 unspecified atom stereocenters. The van der Waals surface area contributed by atoms with Crippen LogP contribution in [0.25, 0.3) is 0 Å². The fourth-order valence-corrected chi connectivity index (χ4v) is 3.35. The lowest BCUT2D eigenvalue weighted by atomic mass is 10.3. The first-order valence-corrected chi connectivity index (χ1v) is 7.26. The van der Waals surface area contributed by atoms with Crippen molar-refractivity contribution in [3.8, 4) is 6.07 Å². The predicted molar refractivity (Wildman–Crippen MR) is 68.8 cm³/mol. The first-order valence-electron chi connectivity index (χ1n) is 4.97. The van der Waals surface area contributed by atoms with Gasteiger partial charge in [-0.05, 0) is 30.7 Å². The minimum absolute atomic E-state index is 0.0985. The monoisotopic (exact) mass is 279 g/mol. The number of nitrogens with one attached hydrogen (secondary N) is 1. The number of hydrogen-bond donors (Lipinski definition) is 1. The average molecular weight is 279 g/mol. The van der Waals surface area contributed by atoms with Crippen LogP contribution in [0.15, 0.2) is 34.7 Å². The highest BCUT2D eigenvalue weighted by molar-refractivity contribution is 7.94. The van der Waals surface area contributed by atoms with E-state index in [-0.39, 0.29) is 10.0 Å². The third-order valence-electron chi connectivity index (χ3n) is 2.11. The van der Waals surface area contributed by atoms with Gasteiger partial charge in [-0.25, -0.2) is 13.4 Å². The molecule has 2 aromatic heterocycles. The molecule has 0 bridgehead atoms. The minimum atomic E-state index is -3.66. The molecule has 0 radical (unpaired) electrons. The molecule has 0 saturated carbocycles. The summed E-state index contributed by atoms with van der Waals surface area (Å²) in [6.45, 7) is 1.86. The standard InChI is InChI=1S/C11H9N3O2S2/c1-8-2-4-10(13-7-8)14-18(15,16)11-5-3-9(6-12)17-11/h2-5,7H,1H3,(H,13,14). The Kier molecular flexibility index (Phi) is 3.32. The quantitative estimate of drug-likeness (QED) is 0.932. The highest BCUT2D eigenvalue weighted by Gasteiger charge is 2.17. The van der Waals surface area contributed by atoms with Crippen LogP contribution < -0.4 is 4.72 Å². The van der Waals surface area contributed by atoms with Gasteiger partial charge in [0.2, 0.25) is 0 Å². The normalized spacial score (nSPS) is 10.9. The lowest BCUT2D eigenvalue weighted by Crippen LogP contribution is -2.12. The van der Waals surface area contributed by atoms with Crippen molar-refractivity contribution >= 4 is 27.2 Å². The van der Waals surface area contributed by atoms with Gasteiger partial charge in [0.25, 0.3) is 10.0 Å². The van der Waals surface area contributed by atoms with Crippen LogP contribution in [0, 0.1) is 18.3 Å². The number of aryl methyl sites for hydroxylation is 1. The van der Waals surface area contributed by atoms with Gasteiger partial charge in [-0.3, -0.25) is 4.72 Å². The number of thiophene rings is 1. The van der Waals surface area contributed by atoms with E-state index < -0.39 is 10.0 Å². The van der Waals surface area contributed by atoms with Crippen LogP contribution in [0.3, 0.4) is 0 Å². The summed E-state index contributed by atoms with van der Waals surface area (Å²) in [5.41, 5.74) is 0.945. The van der Waals surface area contributed by atoms with E-state index in [1.165, 1.54) is 12.1 Å². The number of nitriles is 1. The maximum absolute atomic E-state index is 12.0. The molecule has 0 aliphatic carbocycles. The van der Waals surface area contributed by atoms with Crippen LogP contribution in [-0.2, 0) is 10.0 Å². The van der Waals surface area contributed by atoms with E-state index in [0.29, 0.717) is 4.88 Å². The van der Waals surface area contributed by atoms with Gasteiger partial charge in [0.05, 0.1) is 0 Å². The van der Waals surface area contributed by atoms with E-state index in [0.717, 1.165) is 16.9 Å². The molecule has 7 heteroatoms. The molecule has 2 heterocycles. The van der Waals surface area contributed by atoms with Gasteiger partial charge in [0.1, 0.15) is 21.0 Å². The zero-order chi connectivity index (χ0) is 13.2. The lowest BCUT2D eigenvalue weighted by molar-refractivity contribution is 0.603. The third kappa shape index (κ3) is 2.67. The summed E-state index contributed by atoms with van der Waals surface area (Å²) in [5.74, 6) is 0.257. The maximum Gasteiger partial charge on any atom is 0.272 e. The molecule has 2 aromatic rings. The molecule has 0 aliphatic heterocycles. The lowest BCUT2D eigenvalue weighted by Gasteiger charge is -2.04. The van der Waals surface area contributed by atoms with Crippen LogP contribution in [0.2, 0.25) is 0 Å². The first-order chi connectivity index (χ1) is 8.51. The van der Waals surface area contributed by atoms with Gasteiger partial charge in [-0.2, -0.15) is 5.26 Å². The van der Waals surface area contributed by atoms with E-state index in [1.54, 1.807) is 18.3 Å². The summed E-state index contributed by atoms with van der Waals surface area (Å²) in [7, 11) is -3.66. The summed E-state index contributed by atoms with van der Waals surface area (Å²) >= 11 is 0.923. The van der Waals surface area contributed by atoms with Gasteiger partial charge in [0.15, 0.2) is 0 Å². The van der Waals surface area contributed by atoms with Crippen molar-refractivity contribution in [1.82, 2.24) is 4.98 Å². The molecule has 2 rings (SSSR count). The predicted octanol–water partition coefficient (Wildman–Crippen LogP) is 2.12. The van der Waals surface area contributed by atoms with Crippen LogP contribution in [0.1, 0.15) is 10.4 Å². The molecule has 0 aromatic carbocycles. The Balaban J connectivity index is 2.27. The fourth-order valence-electron chi connectivity index (χ4n) is 1.24. The molecule has 0 amide bonds. The largest absolute Gasteiger partial charge is 0.272 e. The van der Waals surface area contributed by atoms with E-state index in [1.807, 2.05) is 13.0 Å². The summed E-state index contributed by atoms with van der Waals surface area (Å²) in [6.07, 6.45) is 1.58. The average Bonchev–Trinajstić information content (AvgIpc) is 2.81. The summed E-state index contributed by atoms with van der Waals surface area (Å²) in [4.78, 5) is 4.32. The minimum Gasteiger partial charge on any atom is -0.263 e. The molecule has 0 spiro atoms. The summed E-state index contributed by atoms with van der Waals surface area (Å²) < 4.78 is 26.4. The second-order valence-electron chi connectivity index (χ2n) is 3.56. The van der Waals surface area contributed by atoms with Crippen molar-refractivity contribution in [2.24, 2.45) is 0 Å². The van der Waals surface area contributed by atoms with E-state index in [4.69, 9.17) is 5.26 Å². The fraction of sp³-hybridized carbons (Fsp3) is 0.0909. The van der Waals surface area contributed by atoms with Gasteiger partial charge in [-0.1, -0.05) is 6.07 Å². The van der Waals surface area contributed by atoms with Crippen LogP contribution in [0.4, 0.5) is 5.82 Å². The topological polar surface area (TPSA) is 82.9 Å². The van der Waals surface area contributed by atoms with Gasteiger partial charge < -0.3 is 0 Å². The summed E-state index contributed by atoms with van der Waals surface area (Å²) in [5, 5.41) is 8.67. The van der Waals surface area contributed by atoms with Gasteiger partial charge >= 0.3 is 0 Å². The number of anilines is 1. The number of nitrogens with zero attached hydrogens (tertiary/aromatic N) is 2. The molecule has 0 fully saturated rings. The SMILES string of the molecule is Cc1ccc(NS(=O)(=O)c2ccc(C#N)s2)nc1. The summed E-state index contributed by atoms with van der Waals surface area (Å²) in [6, 6.07) is 8.13. The number of sulfonamides is 1. The number of pyridine rings is 1. The number of rotatable bonds is 3. The Morgan fingerprint density at radius 1 is 1.33 bits per heavy atom. The number of aromatic nitrogens is 1. The Labute approximate surface area is 109 Å². The van der Waals surface area contributed by atoms with Crippen LogP contribution >= 0.6 is 11.3 Å². The molecule has 0 atom stereocenters. The van der Waals surface area contributed by atoms with E-state index in [2.05, 4.69) is 9.71 Å². The van der Waals surface area contributed by atoms with E-state index in [9.17, 15) is 8.42 Å². The molecule has 0 saturated heterocycles. The number of hydrogen-bond acceptors (Lipinski definition) is 5. The second kappa shape index (κ2) is 4.76. The third-order valence-corrected chi connectivity index (χ3v) is 4.94. The zero-order valence-electron chi connectivity index (χ0n) is 9.41. The molecule has 1 N–H and O–H groups in total. The molecular weight excluding hydrogens is 270 g/mol. The van der Waals surface area contributed by atoms with Crippen molar-refractivity contribution in [3.63, 3.8) is 0 Å². The first kappa shape index (κ1) is 12.5. The van der Waals surface area contributed by atoms with Gasteiger partial charge in [0, 0.05) is 6.20 Å². The highest BCUT2D eigenvalue weighted by atomic mass is 32.2. The van der Waals surface area contributed by atoms with Crippen molar-refractivity contribution in [1.29, 1.82) is 5.26 Å². The van der Waals surface area contributed by atoms with Crippen molar-refractivity contribution in [2.45, 2.75) is 11.1 Å². The Morgan fingerprint density at radius 2 is 2.11 bits per heavy atom. The van der Waals surface area contributed by atoms with Crippen molar-refractivity contribution < 1.29 is 8.42 Å². The Hall–Kier alpha value is -1.91. The highest BCUT2D eigenvalue weighted by Crippen LogP contribution is 2.22. The van der Waals surface area contributed by atoms with Crippen LogP contribution in [-0.4, -0.2) is 13.4 Å². The molecule has 92 valence electrons. The van der Waals surface area contributed by atoms with Crippen molar-refractivity contribution in [2.75, 3.05) is 4.72 Å². The molecule has 5 nitrogen and oxygen atoms in total. The molecule has 0 aliphatic rings. The van der Waals surface area contributed by atoms with Crippen molar-refractivity contribution in [3.05, 3.63) is 40.9 Å². The Bertz CT molecular complexity index is 697. The smallest absolute Gasteiger partial charge is 0.263 e. The van der Waals surface area contributed by atoms with Gasteiger partial charge in [-0.15, -0.1) is 11.3 Å².